The maximum Gasteiger partial charge on any atom is 0.108 e. The van der Waals surface area contributed by atoms with E-state index in [2.05, 4.69) is 67.6 Å². The van der Waals surface area contributed by atoms with Crippen LogP contribution in [0.3, 0.4) is 0 Å². The molecule has 0 aliphatic carbocycles. The first-order valence-corrected chi connectivity index (χ1v) is 12.4. The van der Waals surface area contributed by atoms with Crippen molar-refractivity contribution in [1.29, 1.82) is 0 Å². The van der Waals surface area contributed by atoms with Gasteiger partial charge in [0, 0.05) is 11.8 Å². The molecule has 0 bridgehead atoms. The molecule has 2 heterocycles. The van der Waals surface area contributed by atoms with Crippen LogP contribution in [-0.2, 0) is 38.8 Å². The van der Waals surface area contributed by atoms with E-state index in [1.807, 2.05) is 24.3 Å². The molecule has 1 saturated heterocycles. The summed E-state index contributed by atoms with van der Waals surface area (Å²) in [5.74, 6) is 0.454. The molecule has 4 nitrogen and oxygen atoms in total. The summed E-state index contributed by atoms with van der Waals surface area (Å²) in [4.78, 5) is 0. The zero-order valence-corrected chi connectivity index (χ0v) is 19.8. The highest BCUT2D eigenvalue weighted by molar-refractivity contribution is 5.34. The maximum absolute atomic E-state index is 6.64. The lowest BCUT2D eigenvalue weighted by atomic mass is 9.72. The lowest BCUT2D eigenvalue weighted by molar-refractivity contribution is -0.210. The lowest BCUT2D eigenvalue weighted by Crippen LogP contribution is -2.55. The second kappa shape index (κ2) is 11.3. The molecular weight excluding hydrogens is 424 g/mol. The second-order valence-electron chi connectivity index (χ2n) is 9.29. The molecule has 2 aliphatic heterocycles. The van der Waals surface area contributed by atoms with Crippen LogP contribution in [0.4, 0.5) is 0 Å². The van der Waals surface area contributed by atoms with Crippen LogP contribution in [0.2, 0.25) is 0 Å². The average Bonchev–Trinajstić information content (AvgIpc) is 2.90. The Labute approximate surface area is 202 Å². The summed E-state index contributed by atoms with van der Waals surface area (Å²) in [6.45, 7) is 5.17. The predicted molar refractivity (Wildman–Crippen MR) is 132 cm³/mol. The van der Waals surface area contributed by atoms with Gasteiger partial charge in [0.05, 0.1) is 45.2 Å². The normalized spacial score (nSPS) is 26.0. The van der Waals surface area contributed by atoms with Crippen molar-refractivity contribution in [3.8, 4) is 0 Å². The minimum Gasteiger partial charge on any atom is -0.376 e. The Morgan fingerprint density at radius 2 is 1.35 bits per heavy atom. The first kappa shape index (κ1) is 23.3. The first-order valence-electron chi connectivity index (χ1n) is 12.4. The third-order valence-electron chi connectivity index (χ3n) is 7.07. The molecule has 0 radical (unpaired) electrons. The molecule has 5 atom stereocenters. The molecule has 0 aromatic heterocycles. The van der Waals surface area contributed by atoms with Crippen LogP contribution in [-0.4, -0.2) is 31.5 Å². The van der Waals surface area contributed by atoms with Crippen LogP contribution in [0.5, 0.6) is 0 Å². The predicted octanol–water partition coefficient (Wildman–Crippen LogP) is 5.90. The van der Waals surface area contributed by atoms with E-state index < -0.39 is 0 Å². The molecule has 178 valence electrons. The zero-order valence-electron chi connectivity index (χ0n) is 19.8. The quantitative estimate of drug-likeness (QED) is 0.400. The fourth-order valence-corrected chi connectivity index (χ4v) is 5.40. The van der Waals surface area contributed by atoms with E-state index in [-0.39, 0.29) is 30.1 Å². The zero-order chi connectivity index (χ0) is 23.2. The summed E-state index contributed by atoms with van der Waals surface area (Å²) >= 11 is 0. The standard InChI is InChI=1S/C30H34O4/c1-2-27-26(20-31-17-22-11-5-3-6-12-22)29-25-16-10-9-15-24(25)19-33-30(29)28(34-27)21-32-18-23-13-7-4-8-14-23/h3-16,26-30H,2,17-21H2,1H3/t26-,27-,28+,29+,30+/m0/s1. The minimum atomic E-state index is -0.0996. The molecule has 1 fully saturated rings. The van der Waals surface area contributed by atoms with Crippen molar-refractivity contribution in [1.82, 2.24) is 0 Å². The number of ether oxygens (including phenoxy) is 4. The van der Waals surface area contributed by atoms with E-state index in [1.165, 1.54) is 22.3 Å². The van der Waals surface area contributed by atoms with Crippen LogP contribution in [0.15, 0.2) is 84.9 Å². The Kier molecular flexibility index (Phi) is 7.72. The molecule has 0 amide bonds. The van der Waals surface area contributed by atoms with Crippen LogP contribution >= 0.6 is 0 Å². The Bertz CT molecular complexity index is 1020. The van der Waals surface area contributed by atoms with Crippen LogP contribution in [0.25, 0.3) is 0 Å². The van der Waals surface area contributed by atoms with Gasteiger partial charge in [0.15, 0.2) is 0 Å². The maximum atomic E-state index is 6.64. The van der Waals surface area contributed by atoms with Crippen molar-refractivity contribution in [2.45, 2.75) is 57.4 Å². The smallest absolute Gasteiger partial charge is 0.108 e. The van der Waals surface area contributed by atoms with E-state index in [0.29, 0.717) is 33.0 Å². The van der Waals surface area contributed by atoms with Gasteiger partial charge >= 0.3 is 0 Å². The van der Waals surface area contributed by atoms with E-state index in [4.69, 9.17) is 18.9 Å². The molecule has 3 aromatic rings. The third-order valence-corrected chi connectivity index (χ3v) is 7.07. The highest BCUT2D eigenvalue weighted by Crippen LogP contribution is 2.45. The fraction of sp³-hybridized carbons (Fsp3) is 0.400. The number of benzene rings is 3. The Morgan fingerprint density at radius 1 is 0.735 bits per heavy atom. The summed E-state index contributed by atoms with van der Waals surface area (Å²) in [6, 6.07) is 29.3. The monoisotopic (exact) mass is 458 g/mol. The van der Waals surface area contributed by atoms with Gasteiger partial charge in [0.2, 0.25) is 0 Å². The number of hydrogen-bond donors (Lipinski definition) is 0. The van der Waals surface area contributed by atoms with Gasteiger partial charge in [-0.05, 0) is 28.7 Å². The van der Waals surface area contributed by atoms with Crippen LogP contribution in [0, 0.1) is 5.92 Å². The van der Waals surface area contributed by atoms with Crippen molar-refractivity contribution in [2.24, 2.45) is 5.92 Å². The van der Waals surface area contributed by atoms with Gasteiger partial charge in [-0.25, -0.2) is 0 Å². The molecule has 5 rings (SSSR count). The van der Waals surface area contributed by atoms with E-state index >= 15 is 0 Å². The Hall–Kier alpha value is -2.50. The SMILES string of the molecule is CC[C@@H]1O[C@H](COCc2ccccc2)[C@H]2OCc3ccccc3[C@@H]2[C@H]1COCc1ccccc1. The molecule has 0 N–H and O–H groups in total. The first-order chi connectivity index (χ1) is 16.8. The van der Waals surface area contributed by atoms with Gasteiger partial charge < -0.3 is 18.9 Å². The Balaban J connectivity index is 1.32. The fourth-order valence-electron chi connectivity index (χ4n) is 5.40. The van der Waals surface area contributed by atoms with Gasteiger partial charge in [-0.3, -0.25) is 0 Å². The summed E-state index contributed by atoms with van der Waals surface area (Å²) in [7, 11) is 0. The molecular formula is C30H34O4. The molecule has 0 saturated carbocycles. The lowest BCUT2D eigenvalue weighted by Gasteiger charge is -2.49. The van der Waals surface area contributed by atoms with Crippen molar-refractivity contribution in [2.75, 3.05) is 13.2 Å². The summed E-state index contributed by atoms with van der Waals surface area (Å²) < 4.78 is 25.5. The minimum absolute atomic E-state index is 0.0428. The van der Waals surface area contributed by atoms with E-state index in [9.17, 15) is 0 Å². The summed E-state index contributed by atoms with van der Waals surface area (Å²) in [5, 5.41) is 0. The highest BCUT2D eigenvalue weighted by Gasteiger charge is 2.48. The van der Waals surface area contributed by atoms with Gasteiger partial charge in [-0.2, -0.15) is 0 Å². The number of rotatable bonds is 9. The number of hydrogen-bond acceptors (Lipinski definition) is 4. The third kappa shape index (κ3) is 5.26. The summed E-state index contributed by atoms with van der Waals surface area (Å²) in [6.07, 6.45) is 0.883. The van der Waals surface area contributed by atoms with Crippen LogP contribution in [0.1, 0.15) is 41.5 Å². The molecule has 2 aliphatic rings. The number of fused-ring (bicyclic) bond motifs is 3. The topological polar surface area (TPSA) is 36.9 Å². The van der Waals surface area contributed by atoms with Crippen molar-refractivity contribution in [3.63, 3.8) is 0 Å². The van der Waals surface area contributed by atoms with Gasteiger partial charge in [-0.15, -0.1) is 0 Å². The van der Waals surface area contributed by atoms with Crippen molar-refractivity contribution >= 4 is 0 Å². The van der Waals surface area contributed by atoms with E-state index in [1.54, 1.807) is 0 Å². The molecule has 34 heavy (non-hydrogen) atoms. The molecule has 4 heteroatoms. The van der Waals surface area contributed by atoms with Gasteiger partial charge in [-0.1, -0.05) is 91.9 Å². The van der Waals surface area contributed by atoms with E-state index in [0.717, 1.165) is 6.42 Å². The van der Waals surface area contributed by atoms with Crippen molar-refractivity contribution in [3.05, 3.63) is 107 Å². The van der Waals surface area contributed by atoms with Crippen molar-refractivity contribution < 1.29 is 18.9 Å². The summed E-state index contributed by atoms with van der Waals surface area (Å²) in [5.41, 5.74) is 5.01. The highest BCUT2D eigenvalue weighted by atomic mass is 16.6. The van der Waals surface area contributed by atoms with Gasteiger partial charge in [0.25, 0.3) is 0 Å². The Morgan fingerprint density at radius 3 is 2.03 bits per heavy atom. The molecule has 3 aromatic carbocycles. The second-order valence-corrected chi connectivity index (χ2v) is 9.29. The van der Waals surface area contributed by atoms with Gasteiger partial charge in [0.1, 0.15) is 6.10 Å². The molecule has 0 spiro atoms. The average molecular weight is 459 g/mol. The largest absolute Gasteiger partial charge is 0.376 e. The molecule has 0 unspecified atom stereocenters. The van der Waals surface area contributed by atoms with Crippen LogP contribution < -0.4 is 0 Å².